The Hall–Kier alpha value is -1.43. The van der Waals surface area contributed by atoms with Gasteiger partial charge in [0.2, 0.25) is 0 Å². The minimum atomic E-state index is -0.271. The molecule has 0 fully saturated rings. The highest BCUT2D eigenvalue weighted by Gasteiger charge is 2.08. The van der Waals surface area contributed by atoms with Gasteiger partial charge in [-0.2, -0.15) is 0 Å². The molecule has 1 aromatic heterocycles. The van der Waals surface area contributed by atoms with Gasteiger partial charge in [0.1, 0.15) is 5.82 Å². The molecule has 0 spiro atoms. The Morgan fingerprint density at radius 2 is 1.90 bits per heavy atom. The fourth-order valence-corrected chi connectivity index (χ4v) is 2.16. The molecule has 0 saturated heterocycles. The highest BCUT2D eigenvalue weighted by Crippen LogP contribution is 2.25. The molecule has 0 aliphatic heterocycles. The lowest BCUT2D eigenvalue weighted by molar-refractivity contribution is 0.627. The van der Waals surface area contributed by atoms with E-state index in [9.17, 15) is 4.39 Å². The fourth-order valence-electron chi connectivity index (χ4n) is 1.58. The van der Waals surface area contributed by atoms with Crippen LogP contribution in [0, 0.1) is 12.7 Å². The van der Waals surface area contributed by atoms with Gasteiger partial charge >= 0.3 is 0 Å². The van der Waals surface area contributed by atoms with E-state index in [1.807, 2.05) is 0 Å². The second kappa shape index (κ2) is 7.02. The van der Waals surface area contributed by atoms with Crippen molar-refractivity contribution in [3.8, 4) is 0 Å². The van der Waals surface area contributed by atoms with Crippen LogP contribution >= 0.6 is 35.4 Å². The minimum Gasteiger partial charge on any atom is -0.358 e. The molecule has 7 heteroatoms. The van der Waals surface area contributed by atoms with Gasteiger partial charge in [0.15, 0.2) is 10.9 Å². The number of thiocarbonyl (C=S) groups is 1. The summed E-state index contributed by atoms with van der Waals surface area (Å²) in [7, 11) is 0. The van der Waals surface area contributed by atoms with Crippen molar-refractivity contribution in [3.05, 3.63) is 57.5 Å². The van der Waals surface area contributed by atoms with Gasteiger partial charge in [0.25, 0.3) is 0 Å². The zero-order valence-electron chi connectivity index (χ0n) is 11.1. The van der Waals surface area contributed by atoms with E-state index in [2.05, 4.69) is 15.6 Å². The van der Waals surface area contributed by atoms with Crippen molar-refractivity contribution in [2.75, 3.05) is 5.32 Å². The molecule has 1 aromatic carbocycles. The molecule has 2 rings (SSSR count). The quantitative estimate of drug-likeness (QED) is 0.813. The third-order valence-electron chi connectivity index (χ3n) is 2.70. The summed E-state index contributed by atoms with van der Waals surface area (Å²) in [5.41, 5.74) is 1.57. The number of nitrogens with zero attached hydrogens (tertiary/aromatic N) is 1. The number of aryl methyl sites for hydroxylation is 1. The molecule has 0 amide bonds. The molecule has 0 radical (unpaired) electrons. The van der Waals surface area contributed by atoms with Gasteiger partial charge in [-0.25, -0.2) is 9.37 Å². The first kappa shape index (κ1) is 15.9. The summed E-state index contributed by atoms with van der Waals surface area (Å²) in [5, 5.41) is 7.15. The summed E-state index contributed by atoms with van der Waals surface area (Å²) < 4.78 is 12.8. The number of benzene rings is 1. The molecule has 2 aromatic rings. The largest absolute Gasteiger partial charge is 0.358 e. The SMILES string of the molecule is Cc1nc(NC(=S)NCc2ccc(F)cc2)c(Cl)cc1Cl. The number of rotatable bonds is 3. The van der Waals surface area contributed by atoms with Gasteiger partial charge in [-0.05, 0) is 42.9 Å². The summed E-state index contributed by atoms with van der Waals surface area (Å²) in [6.07, 6.45) is 0. The van der Waals surface area contributed by atoms with E-state index in [0.29, 0.717) is 33.2 Å². The standard InChI is InChI=1S/C14H12Cl2FN3S/c1-8-11(15)6-12(16)13(19-8)20-14(21)18-7-9-2-4-10(17)5-3-9/h2-6H,7H2,1H3,(H2,18,19,20,21). The molecule has 0 aliphatic rings. The van der Waals surface area contributed by atoms with Crippen molar-refractivity contribution < 1.29 is 4.39 Å². The van der Waals surface area contributed by atoms with Crippen LogP contribution in [0.2, 0.25) is 10.0 Å². The monoisotopic (exact) mass is 343 g/mol. The number of hydrogen-bond acceptors (Lipinski definition) is 2. The van der Waals surface area contributed by atoms with E-state index in [-0.39, 0.29) is 5.82 Å². The second-order valence-electron chi connectivity index (χ2n) is 4.32. The lowest BCUT2D eigenvalue weighted by Gasteiger charge is -2.12. The van der Waals surface area contributed by atoms with Crippen LogP contribution in [0.4, 0.5) is 10.2 Å². The molecule has 0 saturated carbocycles. The molecular formula is C14H12Cl2FN3S. The lowest BCUT2D eigenvalue weighted by Crippen LogP contribution is -2.28. The molecule has 0 aliphatic carbocycles. The van der Waals surface area contributed by atoms with Crippen molar-refractivity contribution in [3.63, 3.8) is 0 Å². The third kappa shape index (κ3) is 4.52. The van der Waals surface area contributed by atoms with Crippen LogP contribution < -0.4 is 10.6 Å². The van der Waals surface area contributed by atoms with E-state index in [4.69, 9.17) is 35.4 Å². The maximum atomic E-state index is 12.8. The highest BCUT2D eigenvalue weighted by atomic mass is 35.5. The number of nitrogens with one attached hydrogen (secondary N) is 2. The zero-order valence-corrected chi connectivity index (χ0v) is 13.4. The van der Waals surface area contributed by atoms with E-state index in [1.54, 1.807) is 25.1 Å². The van der Waals surface area contributed by atoms with Crippen molar-refractivity contribution in [2.45, 2.75) is 13.5 Å². The molecule has 1 heterocycles. The first-order valence-corrected chi connectivity index (χ1v) is 7.24. The summed E-state index contributed by atoms with van der Waals surface area (Å²) in [5.74, 6) is 0.169. The topological polar surface area (TPSA) is 37.0 Å². The normalized spacial score (nSPS) is 10.3. The highest BCUT2D eigenvalue weighted by molar-refractivity contribution is 7.80. The van der Waals surface area contributed by atoms with Gasteiger partial charge in [-0.15, -0.1) is 0 Å². The summed E-state index contributed by atoms with van der Waals surface area (Å²) >= 11 is 17.1. The number of halogens is 3. The van der Waals surface area contributed by atoms with Gasteiger partial charge in [0, 0.05) is 6.54 Å². The molecular weight excluding hydrogens is 332 g/mol. The van der Waals surface area contributed by atoms with Gasteiger partial charge in [0.05, 0.1) is 15.7 Å². The first-order chi connectivity index (χ1) is 9.95. The number of pyridine rings is 1. The van der Waals surface area contributed by atoms with Crippen LogP contribution in [0.25, 0.3) is 0 Å². The first-order valence-electron chi connectivity index (χ1n) is 6.07. The Labute approximate surface area is 137 Å². The van der Waals surface area contributed by atoms with Crippen LogP contribution in [0.15, 0.2) is 30.3 Å². The van der Waals surface area contributed by atoms with Crippen LogP contribution in [0.5, 0.6) is 0 Å². The Balaban J connectivity index is 1.96. The lowest BCUT2D eigenvalue weighted by atomic mass is 10.2. The number of hydrogen-bond donors (Lipinski definition) is 2. The molecule has 2 N–H and O–H groups in total. The predicted octanol–water partition coefficient (Wildman–Crippen LogP) is 4.32. The predicted molar refractivity (Wildman–Crippen MR) is 88.5 cm³/mol. The summed E-state index contributed by atoms with van der Waals surface area (Å²) in [6, 6.07) is 7.77. The molecule has 0 atom stereocenters. The van der Waals surface area contributed by atoms with E-state index < -0.39 is 0 Å². The Bertz CT molecular complexity index is 662. The molecule has 3 nitrogen and oxygen atoms in total. The fraction of sp³-hybridized carbons (Fsp3) is 0.143. The van der Waals surface area contributed by atoms with Crippen molar-refractivity contribution in [1.82, 2.24) is 10.3 Å². The van der Waals surface area contributed by atoms with Crippen molar-refractivity contribution >= 4 is 46.4 Å². The zero-order chi connectivity index (χ0) is 15.4. The average molecular weight is 344 g/mol. The molecule has 0 unspecified atom stereocenters. The smallest absolute Gasteiger partial charge is 0.172 e. The minimum absolute atomic E-state index is 0.271. The maximum absolute atomic E-state index is 12.8. The second-order valence-corrected chi connectivity index (χ2v) is 5.54. The average Bonchev–Trinajstić information content (AvgIpc) is 2.44. The number of aromatic nitrogens is 1. The maximum Gasteiger partial charge on any atom is 0.172 e. The molecule has 21 heavy (non-hydrogen) atoms. The van der Waals surface area contributed by atoms with Gasteiger partial charge in [-0.3, -0.25) is 0 Å². The van der Waals surface area contributed by atoms with Crippen LogP contribution in [0.3, 0.4) is 0 Å². The molecule has 0 bridgehead atoms. The third-order valence-corrected chi connectivity index (χ3v) is 3.62. The summed E-state index contributed by atoms with van der Waals surface area (Å²) in [6.45, 7) is 2.25. The van der Waals surface area contributed by atoms with Crippen LogP contribution in [0.1, 0.15) is 11.3 Å². The van der Waals surface area contributed by atoms with Crippen molar-refractivity contribution in [1.29, 1.82) is 0 Å². The van der Waals surface area contributed by atoms with Crippen molar-refractivity contribution in [2.24, 2.45) is 0 Å². The van der Waals surface area contributed by atoms with Gasteiger partial charge < -0.3 is 10.6 Å². The van der Waals surface area contributed by atoms with Crippen LogP contribution in [-0.4, -0.2) is 10.1 Å². The summed E-state index contributed by atoms with van der Waals surface area (Å²) in [4.78, 5) is 4.23. The van der Waals surface area contributed by atoms with E-state index in [1.165, 1.54) is 12.1 Å². The Kier molecular flexibility index (Phi) is 5.33. The van der Waals surface area contributed by atoms with E-state index >= 15 is 0 Å². The molecule has 110 valence electrons. The van der Waals surface area contributed by atoms with E-state index in [0.717, 1.165) is 5.56 Å². The Morgan fingerprint density at radius 1 is 1.24 bits per heavy atom. The van der Waals surface area contributed by atoms with Gasteiger partial charge in [-0.1, -0.05) is 35.3 Å². The van der Waals surface area contributed by atoms with Crippen LogP contribution in [-0.2, 0) is 6.54 Å². The Morgan fingerprint density at radius 3 is 2.57 bits per heavy atom. The number of anilines is 1.